The Balaban J connectivity index is 1.62. The van der Waals surface area contributed by atoms with E-state index in [9.17, 15) is 5.11 Å². The van der Waals surface area contributed by atoms with Gasteiger partial charge in [0.2, 0.25) is 0 Å². The van der Waals surface area contributed by atoms with Crippen molar-refractivity contribution in [2.24, 2.45) is 0 Å². The van der Waals surface area contributed by atoms with Crippen LogP contribution in [0.15, 0.2) is 114 Å². The van der Waals surface area contributed by atoms with E-state index < -0.39 is 0 Å². The third-order valence-electron chi connectivity index (χ3n) is 10.1. The van der Waals surface area contributed by atoms with E-state index in [1.54, 1.807) is 0 Å². The fourth-order valence-corrected chi connectivity index (χ4v) is 7.58. The molecule has 1 heterocycles. The normalized spacial score (nSPS) is 12.9. The van der Waals surface area contributed by atoms with Crippen molar-refractivity contribution in [3.63, 3.8) is 0 Å². The molecule has 0 amide bonds. The van der Waals surface area contributed by atoms with Gasteiger partial charge in [-0.3, -0.25) is 0 Å². The summed E-state index contributed by atoms with van der Waals surface area (Å²) < 4.78 is 2.07. The van der Waals surface area contributed by atoms with Crippen molar-refractivity contribution in [1.82, 2.24) is 9.55 Å². The fourth-order valence-electron chi connectivity index (χ4n) is 7.58. The number of hydrogen-bond acceptors (Lipinski definition) is 2. The summed E-state index contributed by atoms with van der Waals surface area (Å²) >= 11 is 0. The number of nitrogens with zero attached hydrogens (tertiary/aromatic N) is 2. The molecule has 0 bridgehead atoms. The van der Waals surface area contributed by atoms with Crippen molar-refractivity contribution in [2.75, 3.05) is 0 Å². The zero-order valence-corrected chi connectivity index (χ0v) is 28.7. The minimum absolute atomic E-state index is 0.0378. The van der Waals surface area contributed by atoms with Crippen molar-refractivity contribution in [3.8, 4) is 27.9 Å². The van der Waals surface area contributed by atoms with Gasteiger partial charge in [-0.2, -0.15) is 0 Å². The molecule has 1 N–H and O–H groups in total. The minimum atomic E-state index is -0.167. The number of aliphatic hydroxyl groups excluding tert-OH is 1. The molecule has 52 heavy (non-hydrogen) atoms. The van der Waals surface area contributed by atoms with Gasteiger partial charge in [0.1, 0.15) is 0 Å². The van der Waals surface area contributed by atoms with Crippen LogP contribution in [0.25, 0.3) is 76.8 Å². The van der Waals surface area contributed by atoms with Crippen LogP contribution in [0.5, 0.6) is 0 Å². The van der Waals surface area contributed by atoms with Gasteiger partial charge in [-0.05, 0) is 0 Å². The van der Waals surface area contributed by atoms with Gasteiger partial charge in [-0.25, -0.2) is 0 Å². The first-order valence-electron chi connectivity index (χ1n) is 16.7. The third-order valence-corrected chi connectivity index (χ3v) is 10.1. The van der Waals surface area contributed by atoms with E-state index in [0.717, 1.165) is 49.7 Å². The molecule has 229 valence electrons. The second-order valence-corrected chi connectivity index (χ2v) is 13.1. The van der Waals surface area contributed by atoms with Gasteiger partial charge in [-0.1, -0.05) is 0 Å². The Labute approximate surface area is 311 Å². The van der Waals surface area contributed by atoms with Crippen LogP contribution in [0.4, 0.5) is 0 Å². The Bertz CT molecular complexity index is 2980. The van der Waals surface area contributed by atoms with Gasteiger partial charge in [0.25, 0.3) is 0 Å². The molecule has 8 rings (SSSR count). The van der Waals surface area contributed by atoms with Crippen LogP contribution in [0.3, 0.4) is 0 Å². The molecule has 13 radical (unpaired) electrons. The first-order chi connectivity index (χ1) is 25.0. The molecule has 0 unspecified atom stereocenters. The van der Waals surface area contributed by atoms with Crippen LogP contribution in [0.1, 0.15) is 12.7 Å². The monoisotopic (exact) mass is 649 g/mol. The average Bonchev–Trinajstić information content (AvgIpc) is 3.50. The van der Waals surface area contributed by atoms with Crippen molar-refractivity contribution in [3.05, 3.63) is 131 Å². The Morgan fingerprint density at radius 2 is 1.29 bits per heavy atom. The second kappa shape index (κ2) is 12.7. The van der Waals surface area contributed by atoms with Crippen LogP contribution in [-0.2, 0) is 0 Å². The van der Waals surface area contributed by atoms with Gasteiger partial charge in [0.15, 0.2) is 0 Å². The van der Waals surface area contributed by atoms with E-state index in [-0.39, 0.29) is 43.7 Å². The van der Waals surface area contributed by atoms with E-state index in [4.69, 9.17) is 59.5 Å². The number of allylic oxidation sites excluding steroid dienone is 2. The molecule has 8 aromatic rings. The fraction of sp³-hybridized carbons (Fsp3) is 0.0476. The molecule has 3 nitrogen and oxygen atoms in total. The number of fused-ring (bicyclic) bond motifs is 5. The number of para-hydroxylation sites is 2. The van der Waals surface area contributed by atoms with Gasteiger partial charge < -0.3 is 0 Å². The van der Waals surface area contributed by atoms with Gasteiger partial charge in [-0.15, -0.1) is 0 Å². The number of aliphatic hydroxyl groups is 1. The molecule has 0 aliphatic heterocycles. The predicted octanol–water partition coefficient (Wildman–Crippen LogP) is 3.96. The molecule has 0 atom stereocenters. The average molecular weight is 648 g/mol. The standard InChI is InChI=1S/C42H24B7N2O/c1-20(52)36(43)40(47)35-31(23-11-9-12-24(18-23)51-21(2)50-29-16-7-8-17-30(29)51)33-34(39(46)42(49)41(48)38(33)45)32(37(35)44)28-19-22-10-3-4-13-25(22)26-14-5-6-15-27(26)28/h3-19,52H,1-2H3/b36-20-,40-35+. The third kappa shape index (κ3) is 5.06. The summed E-state index contributed by atoms with van der Waals surface area (Å²) in [6, 6.07) is 34.1. The van der Waals surface area contributed by atoms with Crippen molar-refractivity contribution < 1.29 is 5.11 Å². The molecule has 0 saturated carbocycles. The molecule has 0 aliphatic rings. The molecular weight excluding hydrogens is 624 g/mol. The zero-order valence-electron chi connectivity index (χ0n) is 28.7. The van der Waals surface area contributed by atoms with E-state index in [0.29, 0.717) is 32.7 Å². The number of hydrogen-bond donors (Lipinski definition) is 1. The molecule has 10 heteroatoms. The van der Waals surface area contributed by atoms with Gasteiger partial charge in [0.05, 0.1) is 0 Å². The molecule has 0 saturated heterocycles. The van der Waals surface area contributed by atoms with Gasteiger partial charge >= 0.3 is 312 Å². The first kappa shape index (κ1) is 33.8. The van der Waals surface area contributed by atoms with E-state index in [1.165, 1.54) is 6.92 Å². The Hall–Kier alpha value is -5.35. The first-order valence-corrected chi connectivity index (χ1v) is 16.7. The van der Waals surface area contributed by atoms with Crippen molar-refractivity contribution in [1.29, 1.82) is 0 Å². The maximum atomic E-state index is 10.7. The molecule has 7 aromatic carbocycles. The van der Waals surface area contributed by atoms with Crippen molar-refractivity contribution >= 4 is 125 Å². The SMILES string of the molecule is [B]C(=C(/C)O)/C([B])=c1/c(-c2cccc(-n3c(C)nc4ccccc43)c2)c2c([B])c([B])c([B])c([B])c2c(-c2cc3ccccc3c3ccccc23)c1=[B]. The number of imidazole rings is 1. The number of aryl methyl sites for hydroxylation is 1. The van der Waals surface area contributed by atoms with E-state index in [2.05, 4.69) is 22.8 Å². The summed E-state index contributed by atoms with van der Waals surface area (Å²) in [5.41, 5.74) is 5.93. The quantitative estimate of drug-likeness (QED) is 0.179. The Morgan fingerprint density at radius 3 is 2.00 bits per heavy atom. The topological polar surface area (TPSA) is 38.0 Å². The second-order valence-electron chi connectivity index (χ2n) is 13.1. The molecule has 0 fully saturated rings. The maximum absolute atomic E-state index is 10.7. The Morgan fingerprint density at radius 1 is 0.673 bits per heavy atom. The summed E-state index contributed by atoms with van der Waals surface area (Å²) in [4.78, 5) is 4.78. The molecular formula is C42H24B7N2O. The molecule has 1 aromatic heterocycles. The van der Waals surface area contributed by atoms with Crippen LogP contribution >= 0.6 is 0 Å². The summed E-state index contributed by atoms with van der Waals surface area (Å²) in [7, 11) is 48.1. The summed E-state index contributed by atoms with van der Waals surface area (Å²) in [6.07, 6.45) is 0. The van der Waals surface area contributed by atoms with Gasteiger partial charge in [0, 0.05) is 0 Å². The predicted molar refractivity (Wildman–Crippen MR) is 225 cm³/mol. The zero-order chi connectivity index (χ0) is 36.6. The summed E-state index contributed by atoms with van der Waals surface area (Å²) in [5.74, 6) is 0.635. The van der Waals surface area contributed by atoms with E-state index >= 15 is 0 Å². The van der Waals surface area contributed by atoms with Crippen molar-refractivity contribution in [2.45, 2.75) is 13.8 Å². The number of rotatable bonds is 4. The Kier molecular flexibility index (Phi) is 8.25. The molecule has 0 aliphatic carbocycles. The number of aromatic nitrogens is 2. The van der Waals surface area contributed by atoms with Crippen LogP contribution in [0.2, 0.25) is 0 Å². The molecule has 0 spiro atoms. The number of benzene rings is 7. The van der Waals surface area contributed by atoms with Crippen LogP contribution in [-0.4, -0.2) is 69.2 Å². The van der Waals surface area contributed by atoms with Crippen LogP contribution in [0, 0.1) is 12.0 Å². The van der Waals surface area contributed by atoms with Crippen LogP contribution < -0.4 is 27.1 Å². The van der Waals surface area contributed by atoms with E-state index in [1.807, 2.05) is 91.9 Å². The summed E-state index contributed by atoms with van der Waals surface area (Å²) in [5, 5.41) is 16.3. The summed E-state index contributed by atoms with van der Waals surface area (Å²) in [6.45, 7) is 3.42.